The Morgan fingerprint density at radius 2 is 1.96 bits per heavy atom. The quantitative estimate of drug-likeness (QED) is 0.800. The maximum atomic E-state index is 12.4. The molecular weight excluding hydrogens is 332 g/mol. The summed E-state index contributed by atoms with van der Waals surface area (Å²) in [6.45, 7) is 0.702. The number of rotatable bonds is 6. The van der Waals surface area contributed by atoms with Gasteiger partial charge in [-0.3, -0.25) is 9.59 Å². The van der Waals surface area contributed by atoms with Gasteiger partial charge < -0.3 is 10.2 Å². The Bertz CT molecular complexity index is 574. The molecule has 0 aromatic heterocycles. The molecule has 2 aliphatic rings. The Labute approximate surface area is 145 Å². The van der Waals surface area contributed by atoms with E-state index in [0.29, 0.717) is 29.8 Å². The molecule has 2 fully saturated rings. The van der Waals surface area contributed by atoms with Gasteiger partial charge in [0.2, 0.25) is 11.8 Å². The van der Waals surface area contributed by atoms with E-state index >= 15 is 0 Å². The molecule has 0 radical (unpaired) electrons. The lowest BCUT2D eigenvalue weighted by atomic mass is 10.2. The largest absolute Gasteiger partial charge is 0.352 e. The van der Waals surface area contributed by atoms with Gasteiger partial charge in [-0.25, -0.2) is 0 Å². The molecule has 1 unspecified atom stereocenters. The van der Waals surface area contributed by atoms with Crippen LogP contribution < -0.4 is 5.32 Å². The lowest BCUT2D eigenvalue weighted by molar-refractivity contribution is -0.138. The van der Waals surface area contributed by atoms with Crippen LogP contribution in [0.1, 0.15) is 32.1 Å². The summed E-state index contributed by atoms with van der Waals surface area (Å²) in [6.07, 6.45) is 4.31. The molecule has 0 spiro atoms. The van der Waals surface area contributed by atoms with Gasteiger partial charge in [0.15, 0.2) is 0 Å². The molecule has 1 aliphatic carbocycles. The minimum atomic E-state index is -0.261. The van der Waals surface area contributed by atoms with Crippen LogP contribution in [0.15, 0.2) is 29.2 Å². The van der Waals surface area contributed by atoms with E-state index in [0.717, 1.165) is 30.6 Å². The molecule has 23 heavy (non-hydrogen) atoms. The predicted molar refractivity (Wildman–Crippen MR) is 92.7 cm³/mol. The van der Waals surface area contributed by atoms with Gasteiger partial charge in [0.1, 0.15) is 6.04 Å². The number of benzene rings is 1. The zero-order chi connectivity index (χ0) is 16.2. The van der Waals surface area contributed by atoms with Gasteiger partial charge in [0.25, 0.3) is 0 Å². The summed E-state index contributed by atoms with van der Waals surface area (Å²) < 4.78 is 0. The van der Waals surface area contributed by atoms with Crippen molar-refractivity contribution in [1.82, 2.24) is 10.2 Å². The first-order valence-electron chi connectivity index (χ1n) is 8.12. The molecule has 2 amide bonds. The number of nitrogens with zero attached hydrogens (tertiary/aromatic N) is 1. The second-order valence-corrected chi connectivity index (χ2v) is 7.69. The Morgan fingerprint density at radius 3 is 2.65 bits per heavy atom. The third-order valence-electron chi connectivity index (χ3n) is 4.20. The van der Waals surface area contributed by atoms with Gasteiger partial charge in [0, 0.05) is 34.7 Å². The molecule has 124 valence electrons. The molecule has 6 heteroatoms. The lowest BCUT2D eigenvalue weighted by Crippen LogP contribution is -2.46. The first kappa shape index (κ1) is 16.7. The fourth-order valence-corrected chi connectivity index (χ4v) is 3.76. The van der Waals surface area contributed by atoms with E-state index < -0.39 is 0 Å². The standard InChI is InChI=1S/C17H21ClN2O2S/c18-12-3-7-14(8-4-12)23-11-9-16(21)20-10-1-2-15(20)17(22)19-13-5-6-13/h3-4,7-8,13,15H,1-2,5-6,9-11H2,(H,19,22). The minimum absolute atomic E-state index is 0.0312. The van der Waals surface area contributed by atoms with Crippen LogP contribution >= 0.6 is 23.4 Å². The summed E-state index contributed by atoms with van der Waals surface area (Å²) >= 11 is 7.50. The number of carbonyl (C=O) groups excluding carboxylic acids is 2. The van der Waals surface area contributed by atoms with E-state index in [1.807, 2.05) is 24.3 Å². The average Bonchev–Trinajstić information content (AvgIpc) is 3.21. The highest BCUT2D eigenvalue weighted by Gasteiger charge is 2.36. The van der Waals surface area contributed by atoms with Crippen LogP contribution in [0.2, 0.25) is 5.02 Å². The van der Waals surface area contributed by atoms with E-state index in [4.69, 9.17) is 11.6 Å². The van der Waals surface area contributed by atoms with Crippen molar-refractivity contribution in [2.45, 2.75) is 49.1 Å². The minimum Gasteiger partial charge on any atom is -0.352 e. The zero-order valence-electron chi connectivity index (χ0n) is 13.0. The molecule has 1 atom stereocenters. The summed E-state index contributed by atoms with van der Waals surface area (Å²) in [4.78, 5) is 27.5. The van der Waals surface area contributed by atoms with Crippen molar-refractivity contribution in [3.05, 3.63) is 29.3 Å². The highest BCUT2D eigenvalue weighted by Crippen LogP contribution is 2.24. The highest BCUT2D eigenvalue weighted by atomic mass is 35.5. The summed E-state index contributed by atoms with van der Waals surface area (Å²) in [5, 5.41) is 3.73. The third-order valence-corrected chi connectivity index (χ3v) is 5.46. The van der Waals surface area contributed by atoms with Gasteiger partial charge in [-0.15, -0.1) is 11.8 Å². The molecule has 1 aromatic rings. The Kier molecular flexibility index (Phi) is 5.49. The maximum Gasteiger partial charge on any atom is 0.243 e. The monoisotopic (exact) mass is 352 g/mol. The number of likely N-dealkylation sites (tertiary alicyclic amines) is 1. The normalized spacial score (nSPS) is 20.6. The van der Waals surface area contributed by atoms with E-state index in [-0.39, 0.29) is 17.9 Å². The average molecular weight is 353 g/mol. The van der Waals surface area contributed by atoms with Crippen molar-refractivity contribution in [2.75, 3.05) is 12.3 Å². The number of amides is 2. The van der Waals surface area contributed by atoms with Gasteiger partial charge in [0.05, 0.1) is 0 Å². The molecule has 1 aliphatic heterocycles. The van der Waals surface area contributed by atoms with Gasteiger partial charge in [-0.2, -0.15) is 0 Å². The summed E-state index contributed by atoms with van der Waals surface area (Å²) in [7, 11) is 0. The van der Waals surface area contributed by atoms with E-state index in [2.05, 4.69) is 5.32 Å². The van der Waals surface area contributed by atoms with Crippen LogP contribution in [0.25, 0.3) is 0 Å². The first-order chi connectivity index (χ1) is 11.1. The van der Waals surface area contributed by atoms with E-state index in [1.165, 1.54) is 0 Å². The van der Waals surface area contributed by atoms with Crippen molar-refractivity contribution in [2.24, 2.45) is 0 Å². The predicted octanol–water partition coefficient (Wildman–Crippen LogP) is 3.09. The van der Waals surface area contributed by atoms with Crippen LogP contribution in [0.3, 0.4) is 0 Å². The highest BCUT2D eigenvalue weighted by molar-refractivity contribution is 7.99. The smallest absolute Gasteiger partial charge is 0.243 e. The molecule has 1 heterocycles. The zero-order valence-corrected chi connectivity index (χ0v) is 14.5. The first-order valence-corrected chi connectivity index (χ1v) is 9.48. The number of nitrogens with one attached hydrogen (secondary N) is 1. The fraction of sp³-hybridized carbons (Fsp3) is 0.529. The Morgan fingerprint density at radius 1 is 1.22 bits per heavy atom. The molecule has 3 rings (SSSR count). The van der Waals surface area contributed by atoms with Crippen LogP contribution in [0.5, 0.6) is 0 Å². The van der Waals surface area contributed by atoms with Crippen LogP contribution in [-0.4, -0.2) is 41.1 Å². The summed E-state index contributed by atoms with van der Waals surface area (Å²) in [5.74, 6) is 0.831. The summed E-state index contributed by atoms with van der Waals surface area (Å²) in [5.41, 5.74) is 0. The SMILES string of the molecule is O=C(NC1CC1)C1CCCN1C(=O)CCSc1ccc(Cl)cc1. The van der Waals surface area contributed by atoms with Crippen LogP contribution in [-0.2, 0) is 9.59 Å². The molecular formula is C17H21ClN2O2S. The lowest BCUT2D eigenvalue weighted by Gasteiger charge is -2.24. The number of carbonyl (C=O) groups is 2. The molecule has 1 N–H and O–H groups in total. The number of hydrogen-bond acceptors (Lipinski definition) is 3. The molecule has 4 nitrogen and oxygen atoms in total. The molecule has 1 saturated carbocycles. The van der Waals surface area contributed by atoms with Gasteiger partial charge >= 0.3 is 0 Å². The maximum absolute atomic E-state index is 12.4. The van der Waals surface area contributed by atoms with Gasteiger partial charge in [-0.05, 0) is 49.9 Å². The van der Waals surface area contributed by atoms with E-state index in [9.17, 15) is 9.59 Å². The van der Waals surface area contributed by atoms with Crippen molar-refractivity contribution >= 4 is 35.2 Å². The van der Waals surface area contributed by atoms with Crippen LogP contribution in [0, 0.1) is 0 Å². The second-order valence-electron chi connectivity index (χ2n) is 6.08. The Hall–Kier alpha value is -1.20. The third kappa shape index (κ3) is 4.64. The molecule has 1 aromatic carbocycles. The van der Waals surface area contributed by atoms with Crippen molar-refractivity contribution in [1.29, 1.82) is 0 Å². The summed E-state index contributed by atoms with van der Waals surface area (Å²) in [6, 6.07) is 7.71. The Balaban J connectivity index is 1.46. The van der Waals surface area contributed by atoms with Crippen molar-refractivity contribution in [3.63, 3.8) is 0 Å². The number of hydrogen-bond donors (Lipinski definition) is 1. The second kappa shape index (κ2) is 7.58. The number of thioether (sulfide) groups is 1. The fourth-order valence-electron chi connectivity index (χ4n) is 2.79. The molecule has 1 saturated heterocycles. The van der Waals surface area contributed by atoms with Crippen molar-refractivity contribution in [3.8, 4) is 0 Å². The van der Waals surface area contributed by atoms with Gasteiger partial charge in [-0.1, -0.05) is 11.6 Å². The molecule has 0 bridgehead atoms. The topological polar surface area (TPSA) is 49.4 Å². The van der Waals surface area contributed by atoms with Crippen LogP contribution in [0.4, 0.5) is 0 Å². The number of halogens is 1. The van der Waals surface area contributed by atoms with Crippen molar-refractivity contribution < 1.29 is 9.59 Å². The van der Waals surface area contributed by atoms with E-state index in [1.54, 1.807) is 16.7 Å².